The number of thiol groups is 2. The van der Waals surface area contributed by atoms with E-state index in [-0.39, 0.29) is 61.4 Å². The van der Waals surface area contributed by atoms with Crippen molar-refractivity contribution in [2.24, 2.45) is 0 Å². The maximum atomic E-state index is 4.34. The van der Waals surface area contributed by atoms with Crippen LogP contribution in [0.4, 0.5) is 0 Å². The molecule has 0 aromatic rings. The first-order valence-electron chi connectivity index (χ1n) is 0.333. The molecule has 0 aromatic carbocycles. The minimum Gasteiger partial charge on any atom is 2.00 e. The van der Waals surface area contributed by atoms with Crippen LogP contribution in [0.2, 0.25) is 0 Å². The second kappa shape index (κ2) is 26.0. The third-order valence-corrected chi connectivity index (χ3v) is 0. The minimum absolute atomic E-state index is 0. The Morgan fingerprint density at radius 3 is 1.00 bits per heavy atom. The topological polar surface area (TPSA) is 0 Å². The Hall–Kier alpha value is 2.45. The molecule has 0 radical (unpaired) electrons. The van der Waals surface area contributed by atoms with Crippen LogP contribution in [0, 0.1) is 0 Å². The van der Waals surface area contributed by atoms with Crippen LogP contribution in [0.15, 0.2) is 0 Å². The van der Waals surface area contributed by atoms with Crippen molar-refractivity contribution in [1.82, 2.24) is 0 Å². The summed E-state index contributed by atoms with van der Waals surface area (Å²) < 4.78 is 0. The molecule has 0 spiro atoms. The zero-order valence-electron chi connectivity index (χ0n) is 2.83. The first-order valence-corrected chi connectivity index (χ1v) is 5.92. The van der Waals surface area contributed by atoms with Crippen molar-refractivity contribution in [2.45, 2.75) is 0 Å². The molecule has 0 saturated carbocycles. The molecular formula is H2MoS4Zn. The average molecular weight is 292 g/mol. The average Bonchev–Trinajstić information content (AvgIpc) is 0.918. The van der Waals surface area contributed by atoms with E-state index in [1.54, 1.807) is 0 Å². The predicted molar refractivity (Wildman–Crippen MR) is 32.7 cm³/mol. The summed E-state index contributed by atoms with van der Waals surface area (Å²) in [5, 5.41) is 0. The summed E-state index contributed by atoms with van der Waals surface area (Å²) in [6, 6.07) is 0. The zero-order valence-corrected chi connectivity index (χ0v) is 11.2. The van der Waals surface area contributed by atoms with E-state index in [0.717, 1.165) is 0 Å². The molecule has 0 rings (SSSR count). The van der Waals surface area contributed by atoms with Gasteiger partial charge in [-0.2, -0.15) is 0 Å². The van der Waals surface area contributed by atoms with Crippen LogP contribution >= 0.6 is 19.6 Å². The second-order valence-corrected chi connectivity index (χ2v) is 3.62. The van der Waals surface area contributed by atoms with Crippen molar-refractivity contribution in [2.75, 3.05) is 0 Å². The maximum absolute atomic E-state index is 4.34. The van der Waals surface area contributed by atoms with Gasteiger partial charge in [0.15, 0.2) is 0 Å². The first-order chi connectivity index (χ1) is 1.41. The van der Waals surface area contributed by atoms with Gasteiger partial charge in [-0.1, -0.05) is 0 Å². The van der Waals surface area contributed by atoms with E-state index in [9.17, 15) is 0 Å². The summed E-state index contributed by atoms with van der Waals surface area (Å²) in [6.45, 7) is 0. The van der Waals surface area contributed by atoms with Crippen LogP contribution in [0.1, 0.15) is 0 Å². The second-order valence-electron chi connectivity index (χ2n) is 0.0680. The molecule has 6 heteroatoms. The fraction of sp³-hybridized carbons (Fsp3) is 0. The van der Waals surface area contributed by atoms with Gasteiger partial charge in [-0.25, -0.2) is 0 Å². The van der Waals surface area contributed by atoms with E-state index in [2.05, 4.69) is 19.6 Å². The smallest absolute Gasteiger partial charge is 2.00 e. The first kappa shape index (κ1) is 23.7. The SMILES string of the molecule is [SH-].[SH-].[S]=[Mo]=[S].[Zn+2]. The molecule has 0 atom stereocenters. The van der Waals surface area contributed by atoms with Gasteiger partial charge in [0, 0.05) is 0 Å². The largest absolute Gasteiger partial charge is 2.00 e. The van der Waals surface area contributed by atoms with Gasteiger partial charge in [-0.15, -0.1) is 0 Å². The van der Waals surface area contributed by atoms with E-state index in [4.69, 9.17) is 0 Å². The molecule has 34 valence electrons. The van der Waals surface area contributed by atoms with Gasteiger partial charge in [0.05, 0.1) is 0 Å². The van der Waals surface area contributed by atoms with E-state index < -0.39 is 0 Å². The van der Waals surface area contributed by atoms with Crippen molar-refractivity contribution >= 4 is 46.6 Å². The van der Waals surface area contributed by atoms with Crippen LogP contribution in [0.3, 0.4) is 0 Å². The van der Waals surface area contributed by atoms with Crippen LogP contribution in [-0.2, 0) is 61.4 Å². The minimum atomic E-state index is -0.363. The molecule has 0 saturated heterocycles. The molecule has 0 N–H and O–H groups in total. The number of hydrogen-bond acceptors (Lipinski definition) is 4. The molecule has 0 aromatic heterocycles. The van der Waals surface area contributed by atoms with Gasteiger partial charge < -0.3 is 27.0 Å². The molecule has 0 aliphatic heterocycles. The third-order valence-electron chi connectivity index (χ3n) is 0. The number of hydrogen-bond donors (Lipinski definition) is 0. The standard InChI is InChI=1S/Mo.2H2S.2S.Zn/h;2*1H2;;;/q;;;;;+2/p-2. The van der Waals surface area contributed by atoms with E-state index in [0.29, 0.717) is 0 Å². The summed E-state index contributed by atoms with van der Waals surface area (Å²) in [5.41, 5.74) is 0. The van der Waals surface area contributed by atoms with Gasteiger partial charge in [0.25, 0.3) is 0 Å². The van der Waals surface area contributed by atoms with Crippen LogP contribution in [0.5, 0.6) is 0 Å². The molecule has 0 fully saturated rings. The normalized spacial score (nSPS) is 2.00. The summed E-state index contributed by atoms with van der Waals surface area (Å²) in [5.74, 6) is 0. The van der Waals surface area contributed by atoms with Crippen molar-refractivity contribution in [3.05, 3.63) is 0 Å². The predicted octanol–water partition coefficient (Wildman–Crippen LogP) is 0.751. The van der Waals surface area contributed by atoms with Crippen molar-refractivity contribution in [3.63, 3.8) is 0 Å². The van der Waals surface area contributed by atoms with Crippen LogP contribution in [-0.4, -0.2) is 0 Å². The Morgan fingerprint density at radius 1 is 1.00 bits per heavy atom. The molecule has 0 amide bonds. The Morgan fingerprint density at radius 2 is 1.00 bits per heavy atom. The van der Waals surface area contributed by atoms with Gasteiger partial charge >= 0.3 is 54.0 Å². The van der Waals surface area contributed by atoms with Gasteiger partial charge in [-0.3, -0.25) is 0 Å². The van der Waals surface area contributed by atoms with Gasteiger partial charge in [0.2, 0.25) is 0 Å². The van der Waals surface area contributed by atoms with Crippen molar-refractivity contribution < 1.29 is 34.4 Å². The zero-order chi connectivity index (χ0) is 2.71. The number of rotatable bonds is 0. The molecule has 6 heavy (non-hydrogen) atoms. The fourth-order valence-corrected chi connectivity index (χ4v) is 0. The Balaban J connectivity index is -0.00000000667. The molecule has 0 nitrogen and oxygen atoms in total. The Kier molecular flexibility index (Phi) is 103. The molecule has 0 aliphatic carbocycles. The van der Waals surface area contributed by atoms with E-state index in [1.165, 1.54) is 0 Å². The molecule has 0 heterocycles. The van der Waals surface area contributed by atoms with E-state index in [1.807, 2.05) is 0 Å². The maximum Gasteiger partial charge on any atom is 2.00 e. The van der Waals surface area contributed by atoms with Crippen molar-refractivity contribution in [1.29, 1.82) is 0 Å². The van der Waals surface area contributed by atoms with Crippen LogP contribution in [0.25, 0.3) is 0 Å². The summed E-state index contributed by atoms with van der Waals surface area (Å²) in [4.78, 5) is 0. The fourth-order valence-electron chi connectivity index (χ4n) is 0. The Labute approximate surface area is 79.9 Å². The van der Waals surface area contributed by atoms with Gasteiger partial charge in [0.1, 0.15) is 0 Å². The quantitative estimate of drug-likeness (QED) is 0.367. The molecular weight excluding hydrogens is 290 g/mol. The molecule has 0 aliphatic rings. The van der Waals surface area contributed by atoms with Crippen molar-refractivity contribution in [3.8, 4) is 0 Å². The van der Waals surface area contributed by atoms with Gasteiger partial charge in [-0.05, 0) is 0 Å². The molecule has 0 unspecified atom stereocenters. The summed E-state index contributed by atoms with van der Waals surface area (Å²) in [7, 11) is 8.68. The van der Waals surface area contributed by atoms with E-state index >= 15 is 0 Å². The van der Waals surface area contributed by atoms with Crippen LogP contribution < -0.4 is 0 Å². The third kappa shape index (κ3) is 31.9. The summed E-state index contributed by atoms with van der Waals surface area (Å²) >= 11 is -0.363. The summed E-state index contributed by atoms with van der Waals surface area (Å²) in [6.07, 6.45) is 0. The molecule has 0 bridgehead atoms. The monoisotopic (exact) mass is 292 g/mol. The Bertz CT molecular complexity index is 28.5.